The number of rotatable bonds is 3. The molecule has 0 radical (unpaired) electrons. The minimum atomic E-state index is 0.513. The predicted octanol–water partition coefficient (Wildman–Crippen LogP) is 3.05. The van der Waals surface area contributed by atoms with Crippen molar-refractivity contribution in [1.29, 1.82) is 0 Å². The van der Waals surface area contributed by atoms with Crippen LogP contribution in [0, 0.1) is 6.92 Å². The smallest absolute Gasteiger partial charge is 0.154 e. The van der Waals surface area contributed by atoms with Gasteiger partial charge < -0.3 is 5.73 Å². The van der Waals surface area contributed by atoms with Crippen molar-refractivity contribution in [3.63, 3.8) is 0 Å². The first-order valence-electron chi connectivity index (χ1n) is 6.42. The second kappa shape index (κ2) is 5.05. The summed E-state index contributed by atoms with van der Waals surface area (Å²) in [7, 11) is 0. The summed E-state index contributed by atoms with van der Waals surface area (Å²) in [6, 6.07) is 6.07. The average molecular weight is 285 g/mol. The Hall–Kier alpha value is -2.21. The van der Waals surface area contributed by atoms with E-state index in [-0.39, 0.29) is 0 Å². The van der Waals surface area contributed by atoms with E-state index in [2.05, 4.69) is 27.3 Å². The molecular weight excluding hydrogens is 270 g/mol. The summed E-state index contributed by atoms with van der Waals surface area (Å²) in [6.07, 6.45) is 0.811. The maximum atomic E-state index is 6.03. The lowest BCUT2D eigenvalue weighted by Crippen LogP contribution is -1.98. The van der Waals surface area contributed by atoms with Crippen LogP contribution in [0.2, 0.25) is 0 Å². The Labute approximate surface area is 120 Å². The Kier molecular flexibility index (Phi) is 3.23. The Morgan fingerprint density at radius 1 is 1.35 bits per heavy atom. The minimum Gasteiger partial charge on any atom is -0.382 e. The molecule has 6 heteroatoms. The van der Waals surface area contributed by atoms with Gasteiger partial charge in [-0.05, 0) is 30.9 Å². The predicted molar refractivity (Wildman–Crippen MR) is 81.5 cm³/mol. The van der Waals surface area contributed by atoms with Crippen LogP contribution < -0.4 is 5.73 Å². The number of H-pyrrole nitrogens is 1. The van der Waals surface area contributed by atoms with Gasteiger partial charge in [-0.25, -0.2) is 0 Å². The molecule has 3 aromatic rings. The summed E-state index contributed by atoms with van der Waals surface area (Å²) in [5, 5.41) is 17.6. The molecule has 102 valence electrons. The zero-order valence-corrected chi connectivity index (χ0v) is 12.2. The number of nitrogens with zero attached hydrogens (tertiary/aromatic N) is 3. The van der Waals surface area contributed by atoms with Crippen molar-refractivity contribution in [3.05, 3.63) is 35.0 Å². The SMILES string of the molecule is CCc1nnc(C)cc1-c1[nH]nc(N)c1-c1cccs1. The number of anilines is 1. The topological polar surface area (TPSA) is 80.5 Å². The van der Waals surface area contributed by atoms with Crippen molar-refractivity contribution in [2.75, 3.05) is 5.73 Å². The van der Waals surface area contributed by atoms with Crippen molar-refractivity contribution in [3.8, 4) is 21.7 Å². The minimum absolute atomic E-state index is 0.513. The van der Waals surface area contributed by atoms with Crippen molar-refractivity contribution in [2.45, 2.75) is 20.3 Å². The van der Waals surface area contributed by atoms with Gasteiger partial charge in [-0.2, -0.15) is 15.3 Å². The van der Waals surface area contributed by atoms with Gasteiger partial charge >= 0.3 is 0 Å². The summed E-state index contributed by atoms with van der Waals surface area (Å²) in [6.45, 7) is 3.99. The molecule has 0 saturated heterocycles. The Morgan fingerprint density at radius 2 is 2.20 bits per heavy atom. The maximum Gasteiger partial charge on any atom is 0.154 e. The highest BCUT2D eigenvalue weighted by Gasteiger charge is 2.18. The molecule has 0 bridgehead atoms. The fourth-order valence-corrected chi connectivity index (χ4v) is 3.00. The summed E-state index contributed by atoms with van der Waals surface area (Å²) < 4.78 is 0. The first-order valence-corrected chi connectivity index (χ1v) is 7.30. The van der Waals surface area contributed by atoms with Crippen LogP contribution in [0.4, 0.5) is 5.82 Å². The highest BCUT2D eigenvalue weighted by molar-refractivity contribution is 7.13. The number of aromatic nitrogens is 4. The van der Waals surface area contributed by atoms with E-state index >= 15 is 0 Å². The molecule has 0 aliphatic rings. The second-order valence-electron chi connectivity index (χ2n) is 4.54. The summed E-state index contributed by atoms with van der Waals surface area (Å²) in [4.78, 5) is 1.10. The van der Waals surface area contributed by atoms with Crippen LogP contribution in [0.1, 0.15) is 18.3 Å². The number of nitrogens with one attached hydrogen (secondary N) is 1. The van der Waals surface area contributed by atoms with Gasteiger partial charge in [0.05, 0.1) is 22.6 Å². The molecule has 0 fully saturated rings. The molecule has 20 heavy (non-hydrogen) atoms. The molecule has 3 aromatic heterocycles. The van der Waals surface area contributed by atoms with Crippen LogP contribution >= 0.6 is 11.3 Å². The van der Waals surface area contributed by atoms with E-state index < -0.39 is 0 Å². The van der Waals surface area contributed by atoms with E-state index in [0.29, 0.717) is 5.82 Å². The van der Waals surface area contributed by atoms with Gasteiger partial charge in [0.15, 0.2) is 5.82 Å². The van der Waals surface area contributed by atoms with Crippen LogP contribution in [-0.4, -0.2) is 20.4 Å². The molecule has 0 atom stereocenters. The molecular formula is C14H15N5S. The molecule has 0 spiro atoms. The molecule has 0 aliphatic heterocycles. The van der Waals surface area contributed by atoms with Crippen LogP contribution in [0.15, 0.2) is 23.6 Å². The number of thiophene rings is 1. The van der Waals surface area contributed by atoms with Gasteiger partial charge in [-0.1, -0.05) is 13.0 Å². The number of nitrogen functional groups attached to an aromatic ring is 1. The molecule has 5 nitrogen and oxygen atoms in total. The van der Waals surface area contributed by atoms with Gasteiger partial charge in [0.25, 0.3) is 0 Å². The molecule has 0 aromatic carbocycles. The zero-order chi connectivity index (χ0) is 14.1. The largest absolute Gasteiger partial charge is 0.382 e. The van der Waals surface area contributed by atoms with Crippen molar-refractivity contribution >= 4 is 17.2 Å². The number of hydrogen-bond acceptors (Lipinski definition) is 5. The van der Waals surface area contributed by atoms with Crippen molar-refractivity contribution in [1.82, 2.24) is 20.4 Å². The maximum absolute atomic E-state index is 6.03. The van der Waals surface area contributed by atoms with Gasteiger partial charge in [0, 0.05) is 10.4 Å². The highest BCUT2D eigenvalue weighted by Crippen LogP contribution is 2.38. The number of hydrogen-bond donors (Lipinski definition) is 2. The van der Waals surface area contributed by atoms with Crippen LogP contribution in [0.5, 0.6) is 0 Å². The second-order valence-corrected chi connectivity index (χ2v) is 5.48. The third-order valence-corrected chi connectivity index (χ3v) is 4.05. The van der Waals surface area contributed by atoms with E-state index in [1.807, 2.05) is 30.5 Å². The van der Waals surface area contributed by atoms with E-state index in [0.717, 1.165) is 39.5 Å². The standard InChI is InChI=1S/C14H15N5S/c1-3-10-9(7-8(2)16-17-10)13-12(14(15)19-18-13)11-5-4-6-20-11/h4-7H,3H2,1-2H3,(H3,15,18,19). The van der Waals surface area contributed by atoms with Crippen molar-refractivity contribution in [2.24, 2.45) is 0 Å². The van der Waals surface area contributed by atoms with E-state index in [4.69, 9.17) is 5.73 Å². The highest BCUT2D eigenvalue weighted by atomic mass is 32.1. The quantitative estimate of drug-likeness (QED) is 0.775. The number of aromatic amines is 1. The average Bonchev–Trinajstić information content (AvgIpc) is 3.07. The Balaban J connectivity index is 2.24. The van der Waals surface area contributed by atoms with Gasteiger partial charge in [0.2, 0.25) is 0 Å². The van der Waals surface area contributed by atoms with Crippen LogP contribution in [0.3, 0.4) is 0 Å². The first kappa shape index (κ1) is 12.8. The van der Waals surface area contributed by atoms with Gasteiger partial charge in [-0.3, -0.25) is 5.10 Å². The number of nitrogens with two attached hydrogens (primary N) is 1. The normalized spacial score (nSPS) is 10.9. The molecule has 3 N–H and O–H groups in total. The monoisotopic (exact) mass is 285 g/mol. The third-order valence-electron chi connectivity index (χ3n) is 3.16. The van der Waals surface area contributed by atoms with Gasteiger partial charge in [0.1, 0.15) is 0 Å². The van der Waals surface area contributed by atoms with E-state index in [1.165, 1.54) is 0 Å². The van der Waals surface area contributed by atoms with Gasteiger partial charge in [-0.15, -0.1) is 11.3 Å². The van der Waals surface area contributed by atoms with E-state index in [1.54, 1.807) is 11.3 Å². The van der Waals surface area contributed by atoms with E-state index in [9.17, 15) is 0 Å². The lowest BCUT2D eigenvalue weighted by atomic mass is 10.0. The third kappa shape index (κ3) is 2.08. The fourth-order valence-electron chi connectivity index (χ4n) is 2.21. The lowest BCUT2D eigenvalue weighted by Gasteiger charge is -2.07. The zero-order valence-electron chi connectivity index (χ0n) is 11.3. The first-order chi connectivity index (χ1) is 9.70. The summed E-state index contributed by atoms with van der Waals surface area (Å²) in [5.41, 5.74) is 10.7. The van der Waals surface area contributed by atoms with Crippen LogP contribution in [0.25, 0.3) is 21.7 Å². The molecule has 0 saturated carbocycles. The Morgan fingerprint density at radius 3 is 2.90 bits per heavy atom. The number of aryl methyl sites for hydroxylation is 2. The van der Waals surface area contributed by atoms with Crippen molar-refractivity contribution < 1.29 is 0 Å². The molecule has 3 heterocycles. The Bertz CT molecular complexity index is 730. The molecule has 0 amide bonds. The van der Waals surface area contributed by atoms with Crippen LogP contribution in [-0.2, 0) is 6.42 Å². The lowest BCUT2D eigenvalue weighted by molar-refractivity contribution is 0.893. The summed E-state index contributed by atoms with van der Waals surface area (Å²) in [5.74, 6) is 0.513. The summed E-state index contributed by atoms with van der Waals surface area (Å²) >= 11 is 1.65. The fraction of sp³-hybridized carbons (Fsp3) is 0.214. The molecule has 0 unspecified atom stereocenters. The molecule has 3 rings (SSSR count). The molecule has 0 aliphatic carbocycles.